The molecule has 0 radical (unpaired) electrons. The van der Waals surface area contributed by atoms with E-state index in [-0.39, 0.29) is 27.8 Å². The van der Waals surface area contributed by atoms with Crippen molar-refractivity contribution in [2.75, 3.05) is 6.61 Å². The van der Waals surface area contributed by atoms with Crippen LogP contribution < -0.4 is 0 Å². The van der Waals surface area contributed by atoms with Crippen LogP contribution in [0.4, 0.5) is 0 Å². The first-order valence-corrected chi connectivity index (χ1v) is 23.3. The summed E-state index contributed by atoms with van der Waals surface area (Å²) in [5, 5.41) is 8.12. The van der Waals surface area contributed by atoms with Crippen LogP contribution in [0.1, 0.15) is 51.8 Å². The van der Waals surface area contributed by atoms with Crippen molar-refractivity contribution < 1.29 is 52.4 Å². The van der Waals surface area contributed by atoms with Gasteiger partial charge in [0, 0.05) is 0 Å². The van der Waals surface area contributed by atoms with E-state index in [0.29, 0.717) is 0 Å². The van der Waals surface area contributed by atoms with Crippen molar-refractivity contribution in [2.45, 2.75) is 30.7 Å². The Morgan fingerprint density at radius 3 is 0.931 bits per heavy atom. The average Bonchev–Trinajstić information content (AvgIpc) is 3.43. The van der Waals surface area contributed by atoms with Crippen LogP contribution in [0.5, 0.6) is 0 Å². The van der Waals surface area contributed by atoms with E-state index in [0.717, 1.165) is 53.9 Å². The molecular weight excluding hydrogens is 909 g/mol. The maximum atomic E-state index is 14.7. The van der Waals surface area contributed by atoms with E-state index in [9.17, 15) is 24.0 Å². The number of carbonyl (C=O) groups is 5. The van der Waals surface area contributed by atoms with Gasteiger partial charge < -0.3 is 28.4 Å². The Morgan fingerprint density at radius 1 is 0.306 bits per heavy atom. The summed E-state index contributed by atoms with van der Waals surface area (Å²) < 4.78 is 37.7. The first kappa shape index (κ1) is 45.3. The van der Waals surface area contributed by atoms with E-state index in [4.69, 9.17) is 28.4 Å². The first-order valence-electron chi connectivity index (χ1n) is 23.3. The highest BCUT2D eigenvalue weighted by Crippen LogP contribution is 2.34. The van der Waals surface area contributed by atoms with Crippen molar-refractivity contribution >= 4 is 83.7 Å². The minimum Gasteiger partial charge on any atom is -0.459 e. The smallest absolute Gasteiger partial charge is 0.340 e. The molecule has 352 valence electrons. The predicted molar refractivity (Wildman–Crippen MR) is 272 cm³/mol. The van der Waals surface area contributed by atoms with Crippen molar-refractivity contribution in [3.63, 3.8) is 0 Å². The largest absolute Gasteiger partial charge is 0.459 e. The molecular formula is C61H42O11. The highest BCUT2D eigenvalue weighted by Gasteiger charge is 2.55. The van der Waals surface area contributed by atoms with E-state index in [1.54, 1.807) is 91.0 Å². The summed E-state index contributed by atoms with van der Waals surface area (Å²) in [6, 6.07) is 62.3. The van der Waals surface area contributed by atoms with Gasteiger partial charge in [-0.3, -0.25) is 0 Å². The van der Waals surface area contributed by atoms with Gasteiger partial charge in [0.1, 0.15) is 12.7 Å². The number of ether oxygens (including phenoxy) is 6. The maximum Gasteiger partial charge on any atom is 0.340 e. The molecule has 10 aromatic carbocycles. The van der Waals surface area contributed by atoms with Gasteiger partial charge in [0.15, 0.2) is 12.2 Å². The molecule has 1 heterocycles. The number of rotatable bonds is 11. The second-order valence-electron chi connectivity index (χ2n) is 17.5. The standard InChI is InChI=1S/C61H42O11/c62-56(47-26-21-37-11-1-6-16-42(37)31-47)67-36-52-53(69-57(63)48-27-22-38-12-2-7-17-43(38)32-48)54(70-58(64)49-28-23-39-13-3-8-18-44(39)33-49)55(71-59(65)50-29-24-40-14-4-9-19-45(40)34-50)61(68-52)72-60(66)51-30-25-41-15-5-10-20-46(41)35-51/h1-35,52-55,61H,36H2/t52-,53-,54+,55-,61?/m1/s1. The average molecular weight is 951 g/mol. The van der Waals surface area contributed by atoms with Crippen LogP contribution in [-0.2, 0) is 28.4 Å². The highest BCUT2D eigenvalue weighted by molar-refractivity contribution is 5.99. The molecule has 0 spiro atoms. The number of hydrogen-bond acceptors (Lipinski definition) is 11. The van der Waals surface area contributed by atoms with E-state index in [1.807, 2.05) is 121 Å². The van der Waals surface area contributed by atoms with Gasteiger partial charge in [-0.1, -0.05) is 152 Å². The molecule has 1 fully saturated rings. The molecule has 1 unspecified atom stereocenters. The SMILES string of the molecule is O=C(OC[C@H]1OC(OC(=O)c2ccc3ccccc3c2)[C@H](OC(=O)c2ccc3ccccc3c2)[C@@H](OC(=O)c2ccc3ccccc3c2)[C@@H]1OC(=O)c1ccc2ccccc2c1)c1ccc2ccccc2c1. The van der Waals surface area contributed by atoms with Crippen LogP contribution >= 0.6 is 0 Å². The Morgan fingerprint density at radius 2 is 0.583 bits per heavy atom. The third kappa shape index (κ3) is 9.44. The molecule has 1 aliphatic heterocycles. The van der Waals surface area contributed by atoms with E-state index in [1.165, 1.54) is 0 Å². The van der Waals surface area contributed by atoms with E-state index >= 15 is 0 Å². The minimum absolute atomic E-state index is 0.114. The summed E-state index contributed by atoms with van der Waals surface area (Å²) in [5.41, 5.74) is 0.711. The van der Waals surface area contributed by atoms with Crippen molar-refractivity contribution in [2.24, 2.45) is 0 Å². The van der Waals surface area contributed by atoms with Gasteiger partial charge in [0.2, 0.25) is 12.4 Å². The second kappa shape index (κ2) is 19.7. The molecule has 0 N–H and O–H groups in total. The lowest BCUT2D eigenvalue weighted by molar-refractivity contribution is -0.282. The van der Waals surface area contributed by atoms with Gasteiger partial charge >= 0.3 is 29.8 Å². The van der Waals surface area contributed by atoms with Gasteiger partial charge in [0.05, 0.1) is 27.8 Å². The zero-order chi connectivity index (χ0) is 49.1. The Labute approximate surface area is 412 Å². The van der Waals surface area contributed by atoms with Crippen LogP contribution in [0, 0.1) is 0 Å². The number of benzene rings is 10. The number of esters is 5. The van der Waals surface area contributed by atoms with Crippen LogP contribution in [0.25, 0.3) is 53.9 Å². The fourth-order valence-corrected chi connectivity index (χ4v) is 9.08. The Kier molecular flexibility index (Phi) is 12.4. The Balaban J connectivity index is 1.02. The van der Waals surface area contributed by atoms with Gasteiger partial charge in [-0.05, 0) is 115 Å². The van der Waals surface area contributed by atoms with Crippen molar-refractivity contribution in [1.29, 1.82) is 0 Å². The molecule has 5 atom stereocenters. The third-order valence-electron chi connectivity index (χ3n) is 12.8. The fraction of sp³-hybridized carbons (Fsp3) is 0.0984. The topological polar surface area (TPSA) is 141 Å². The second-order valence-corrected chi connectivity index (χ2v) is 17.5. The van der Waals surface area contributed by atoms with Gasteiger partial charge in [-0.2, -0.15) is 0 Å². The number of carbonyl (C=O) groups excluding carboxylic acids is 5. The molecule has 0 saturated carbocycles. The van der Waals surface area contributed by atoms with Crippen LogP contribution in [0.3, 0.4) is 0 Å². The number of hydrogen-bond donors (Lipinski definition) is 0. The van der Waals surface area contributed by atoms with Gasteiger partial charge in [-0.25, -0.2) is 24.0 Å². The normalized spacial score (nSPS) is 17.6. The monoisotopic (exact) mass is 950 g/mol. The summed E-state index contributed by atoms with van der Waals surface area (Å²) in [7, 11) is 0. The highest BCUT2D eigenvalue weighted by atomic mass is 16.7. The minimum atomic E-state index is -1.84. The zero-order valence-corrected chi connectivity index (χ0v) is 38.3. The quantitative estimate of drug-likeness (QED) is 0.0903. The van der Waals surface area contributed by atoms with Crippen LogP contribution in [0.2, 0.25) is 0 Å². The van der Waals surface area contributed by atoms with Gasteiger partial charge in [-0.15, -0.1) is 0 Å². The number of fused-ring (bicyclic) bond motifs is 5. The molecule has 72 heavy (non-hydrogen) atoms. The lowest BCUT2D eigenvalue weighted by Crippen LogP contribution is -2.63. The van der Waals surface area contributed by atoms with E-state index in [2.05, 4.69) is 0 Å². The van der Waals surface area contributed by atoms with Crippen LogP contribution in [-0.4, -0.2) is 67.2 Å². The molecule has 0 amide bonds. The first-order chi connectivity index (χ1) is 35.2. The Bertz CT molecular complexity index is 3750. The van der Waals surface area contributed by atoms with Crippen molar-refractivity contribution in [3.05, 3.63) is 240 Å². The molecule has 11 nitrogen and oxygen atoms in total. The molecule has 10 aromatic rings. The summed E-state index contributed by atoms with van der Waals surface area (Å²) >= 11 is 0. The Hall–Kier alpha value is -9.19. The zero-order valence-electron chi connectivity index (χ0n) is 38.3. The summed E-state index contributed by atoms with van der Waals surface area (Å²) in [6.07, 6.45) is -8.56. The van der Waals surface area contributed by atoms with Gasteiger partial charge in [0.25, 0.3) is 0 Å². The fourth-order valence-electron chi connectivity index (χ4n) is 9.08. The molecule has 0 aliphatic carbocycles. The van der Waals surface area contributed by atoms with Crippen molar-refractivity contribution in [3.8, 4) is 0 Å². The lowest BCUT2D eigenvalue weighted by atomic mass is 9.97. The molecule has 11 heteroatoms. The van der Waals surface area contributed by atoms with Crippen LogP contribution in [0.15, 0.2) is 212 Å². The third-order valence-corrected chi connectivity index (χ3v) is 12.8. The van der Waals surface area contributed by atoms with Crippen molar-refractivity contribution in [1.82, 2.24) is 0 Å². The molecule has 1 saturated heterocycles. The molecule has 11 rings (SSSR count). The lowest BCUT2D eigenvalue weighted by Gasteiger charge is -2.44. The summed E-state index contributed by atoms with van der Waals surface area (Å²) in [5.74, 6) is -4.27. The molecule has 1 aliphatic rings. The molecule has 0 bridgehead atoms. The van der Waals surface area contributed by atoms with E-state index < -0.39 is 67.2 Å². The summed E-state index contributed by atoms with van der Waals surface area (Å²) in [6.45, 7) is -0.610. The predicted octanol–water partition coefficient (Wildman–Crippen LogP) is 11.9. The molecule has 0 aromatic heterocycles. The summed E-state index contributed by atoms with van der Waals surface area (Å²) in [4.78, 5) is 72.1. The maximum absolute atomic E-state index is 14.7.